The average molecular weight is 272 g/mol. The molecule has 0 heterocycles. The second-order valence-electron chi connectivity index (χ2n) is 4.31. The molecule has 2 aromatic carbocycles. The Kier molecular flexibility index (Phi) is 2.56. The van der Waals surface area contributed by atoms with Crippen LogP contribution >= 0.6 is 15.9 Å². The van der Waals surface area contributed by atoms with Gasteiger partial charge in [-0.05, 0) is 59.7 Å². The number of benzene rings is 2. The van der Waals surface area contributed by atoms with Crippen LogP contribution in [0, 0.1) is 6.07 Å². The lowest BCUT2D eigenvalue weighted by Gasteiger charge is -2.03. The number of hydrogen-bond acceptors (Lipinski definition) is 0. The quantitative estimate of drug-likeness (QED) is 0.737. The van der Waals surface area contributed by atoms with Crippen LogP contribution in [0.5, 0.6) is 0 Å². The van der Waals surface area contributed by atoms with Gasteiger partial charge >= 0.3 is 0 Å². The molecule has 0 aliphatic heterocycles. The topological polar surface area (TPSA) is 0 Å². The lowest BCUT2D eigenvalue weighted by atomic mass is 10.0. The highest BCUT2D eigenvalue weighted by atomic mass is 79.9. The molecule has 1 aliphatic carbocycles. The lowest BCUT2D eigenvalue weighted by molar-refractivity contribution is 1.13. The minimum atomic E-state index is 0.791. The molecule has 0 nitrogen and oxygen atoms in total. The van der Waals surface area contributed by atoms with E-state index in [1.807, 2.05) is 0 Å². The first-order valence-corrected chi connectivity index (χ1v) is 6.40. The Morgan fingerprint density at radius 2 is 1.62 bits per heavy atom. The van der Waals surface area contributed by atoms with E-state index in [4.69, 9.17) is 0 Å². The Morgan fingerprint density at radius 1 is 0.938 bits per heavy atom. The predicted molar refractivity (Wildman–Crippen MR) is 70.4 cm³/mol. The van der Waals surface area contributed by atoms with Crippen LogP contribution in [0.1, 0.15) is 24.3 Å². The molecular formula is C15H12Br. The Balaban J connectivity index is 1.91. The molecular weight excluding hydrogens is 260 g/mol. The first-order chi connectivity index (χ1) is 7.83. The molecule has 1 aliphatic rings. The van der Waals surface area contributed by atoms with E-state index in [-0.39, 0.29) is 0 Å². The van der Waals surface area contributed by atoms with Crippen molar-refractivity contribution < 1.29 is 0 Å². The summed E-state index contributed by atoms with van der Waals surface area (Å²) in [4.78, 5) is 0. The van der Waals surface area contributed by atoms with Crippen molar-refractivity contribution in [3.63, 3.8) is 0 Å². The van der Waals surface area contributed by atoms with Gasteiger partial charge in [0.25, 0.3) is 0 Å². The maximum Gasteiger partial charge on any atom is 0.0175 e. The molecule has 2 aromatic rings. The zero-order valence-electron chi connectivity index (χ0n) is 8.91. The van der Waals surface area contributed by atoms with Crippen molar-refractivity contribution in [2.24, 2.45) is 0 Å². The van der Waals surface area contributed by atoms with Crippen molar-refractivity contribution in [3.05, 3.63) is 58.6 Å². The lowest BCUT2D eigenvalue weighted by Crippen LogP contribution is -1.81. The van der Waals surface area contributed by atoms with Gasteiger partial charge in [0.05, 0.1) is 0 Å². The average Bonchev–Trinajstić information content (AvgIpc) is 3.14. The highest BCUT2D eigenvalue weighted by Crippen LogP contribution is 2.40. The minimum absolute atomic E-state index is 0.791. The van der Waals surface area contributed by atoms with Crippen molar-refractivity contribution in [1.29, 1.82) is 0 Å². The van der Waals surface area contributed by atoms with Gasteiger partial charge in [0.2, 0.25) is 0 Å². The zero-order chi connectivity index (χ0) is 11.0. The third kappa shape index (κ3) is 2.05. The van der Waals surface area contributed by atoms with Gasteiger partial charge < -0.3 is 0 Å². The number of halogens is 1. The third-order valence-corrected chi connectivity index (χ3v) is 3.56. The fourth-order valence-corrected chi connectivity index (χ4v) is 2.17. The third-order valence-electron chi connectivity index (χ3n) is 3.03. The maximum absolute atomic E-state index is 3.45. The van der Waals surface area contributed by atoms with E-state index in [0.29, 0.717) is 0 Å². The van der Waals surface area contributed by atoms with Crippen LogP contribution < -0.4 is 0 Å². The second kappa shape index (κ2) is 4.06. The second-order valence-corrected chi connectivity index (χ2v) is 5.23. The summed E-state index contributed by atoms with van der Waals surface area (Å²) in [5.74, 6) is 0.791. The van der Waals surface area contributed by atoms with Gasteiger partial charge in [-0.3, -0.25) is 0 Å². The highest BCUT2D eigenvalue weighted by molar-refractivity contribution is 9.10. The fourth-order valence-electron chi connectivity index (χ4n) is 1.91. The van der Waals surface area contributed by atoms with E-state index in [9.17, 15) is 0 Å². The van der Waals surface area contributed by atoms with Crippen LogP contribution in [0.25, 0.3) is 11.1 Å². The van der Waals surface area contributed by atoms with E-state index < -0.39 is 0 Å². The van der Waals surface area contributed by atoms with Crippen LogP contribution in [0.2, 0.25) is 0 Å². The van der Waals surface area contributed by atoms with E-state index in [0.717, 1.165) is 10.4 Å². The molecule has 16 heavy (non-hydrogen) atoms. The smallest absolute Gasteiger partial charge is 0.0175 e. The van der Waals surface area contributed by atoms with Crippen molar-refractivity contribution in [1.82, 2.24) is 0 Å². The van der Waals surface area contributed by atoms with Crippen LogP contribution in [-0.2, 0) is 0 Å². The van der Waals surface area contributed by atoms with Gasteiger partial charge in [-0.15, -0.1) is 0 Å². The molecule has 3 rings (SSSR count). The van der Waals surface area contributed by atoms with Crippen LogP contribution in [0.4, 0.5) is 0 Å². The van der Waals surface area contributed by atoms with E-state index in [1.165, 1.54) is 29.5 Å². The van der Waals surface area contributed by atoms with E-state index in [1.54, 1.807) is 0 Å². The van der Waals surface area contributed by atoms with E-state index >= 15 is 0 Å². The van der Waals surface area contributed by atoms with Crippen LogP contribution in [-0.4, -0.2) is 0 Å². The molecule has 0 bridgehead atoms. The Labute approximate surface area is 104 Å². The van der Waals surface area contributed by atoms with Gasteiger partial charge in [-0.25, -0.2) is 0 Å². The molecule has 0 aromatic heterocycles. The monoisotopic (exact) mass is 271 g/mol. The summed E-state index contributed by atoms with van der Waals surface area (Å²) in [6, 6.07) is 18.3. The molecule has 0 spiro atoms. The Hall–Kier alpha value is -1.08. The minimum Gasteiger partial charge on any atom is -0.0575 e. The highest BCUT2D eigenvalue weighted by Gasteiger charge is 2.23. The first kappa shape index (κ1) is 10.1. The molecule has 1 heteroatoms. The molecule has 0 atom stereocenters. The number of rotatable bonds is 2. The Bertz CT molecular complexity index is 478. The predicted octanol–water partition coefficient (Wildman–Crippen LogP) is 4.79. The molecule has 0 N–H and O–H groups in total. The van der Waals surface area contributed by atoms with Gasteiger partial charge in [0, 0.05) is 4.47 Å². The van der Waals surface area contributed by atoms with Gasteiger partial charge in [-0.1, -0.05) is 40.2 Å². The van der Waals surface area contributed by atoms with Gasteiger partial charge in [0.1, 0.15) is 0 Å². The Morgan fingerprint density at radius 3 is 2.19 bits per heavy atom. The van der Waals surface area contributed by atoms with Gasteiger partial charge in [-0.2, -0.15) is 0 Å². The maximum atomic E-state index is 3.45. The summed E-state index contributed by atoms with van der Waals surface area (Å²) < 4.78 is 1.12. The van der Waals surface area contributed by atoms with E-state index in [2.05, 4.69) is 64.5 Å². The standard InChI is InChI=1S/C15H12Br/c16-15-9-7-14(8-10-15)13-5-3-12(4-6-13)11-1-2-11/h3,5-11H,1-2H2. The number of hydrogen-bond donors (Lipinski definition) is 0. The fraction of sp³-hybridized carbons (Fsp3) is 0.200. The summed E-state index contributed by atoms with van der Waals surface area (Å²) in [7, 11) is 0. The molecule has 1 saturated carbocycles. The molecule has 0 unspecified atom stereocenters. The summed E-state index contributed by atoms with van der Waals surface area (Å²) in [5, 5.41) is 0. The molecule has 0 saturated heterocycles. The zero-order valence-corrected chi connectivity index (χ0v) is 10.5. The largest absolute Gasteiger partial charge is 0.0575 e. The van der Waals surface area contributed by atoms with Crippen molar-refractivity contribution >= 4 is 15.9 Å². The van der Waals surface area contributed by atoms with Crippen molar-refractivity contribution in [2.75, 3.05) is 0 Å². The van der Waals surface area contributed by atoms with Crippen molar-refractivity contribution in [2.45, 2.75) is 18.8 Å². The molecule has 79 valence electrons. The molecule has 0 amide bonds. The normalized spacial score (nSPS) is 15.1. The summed E-state index contributed by atoms with van der Waals surface area (Å²) >= 11 is 3.45. The first-order valence-electron chi connectivity index (χ1n) is 5.60. The summed E-state index contributed by atoms with van der Waals surface area (Å²) in [6.45, 7) is 0. The van der Waals surface area contributed by atoms with Crippen LogP contribution in [0.15, 0.2) is 46.9 Å². The SMILES string of the molecule is Brc1ccc(-c2c[c]c(C3CC3)cc2)cc1. The summed E-state index contributed by atoms with van der Waals surface area (Å²) in [6.07, 6.45) is 2.68. The van der Waals surface area contributed by atoms with Gasteiger partial charge in [0.15, 0.2) is 0 Å². The summed E-state index contributed by atoms with van der Waals surface area (Å²) in [5.41, 5.74) is 3.87. The molecule has 1 radical (unpaired) electrons. The molecule has 1 fully saturated rings. The van der Waals surface area contributed by atoms with Crippen LogP contribution in [0.3, 0.4) is 0 Å². The van der Waals surface area contributed by atoms with Crippen molar-refractivity contribution in [3.8, 4) is 11.1 Å².